The molecule has 0 radical (unpaired) electrons. The molecule has 1 aromatic carbocycles. The fourth-order valence-electron chi connectivity index (χ4n) is 2.30. The molecular weight excluding hydrogens is 226 g/mol. The molecule has 1 aliphatic heterocycles. The summed E-state index contributed by atoms with van der Waals surface area (Å²) in [5.41, 5.74) is -0.0812. The average Bonchev–Trinajstić information content (AvgIpc) is 2.41. The van der Waals surface area contributed by atoms with Crippen molar-refractivity contribution in [2.45, 2.75) is 12.0 Å². The van der Waals surface area contributed by atoms with Crippen LogP contribution in [-0.2, 0) is 10.3 Å². The van der Waals surface area contributed by atoms with Gasteiger partial charge < -0.3 is 9.84 Å². The first-order valence-corrected chi connectivity index (χ1v) is 6.26. The highest BCUT2D eigenvalue weighted by Crippen LogP contribution is 2.26. The van der Waals surface area contributed by atoms with Crippen molar-refractivity contribution < 1.29 is 9.84 Å². The molecule has 1 atom stereocenters. The highest BCUT2D eigenvalue weighted by Gasteiger charge is 2.31. The van der Waals surface area contributed by atoms with Gasteiger partial charge in [-0.3, -0.25) is 4.90 Å². The van der Waals surface area contributed by atoms with Crippen molar-refractivity contribution in [1.82, 2.24) is 4.90 Å². The Bertz CT molecular complexity index is 406. The van der Waals surface area contributed by atoms with E-state index in [0.29, 0.717) is 13.0 Å². The molecule has 1 aromatic rings. The van der Waals surface area contributed by atoms with Crippen LogP contribution in [0.3, 0.4) is 0 Å². The Morgan fingerprint density at radius 1 is 1.28 bits per heavy atom. The number of ether oxygens (including phenoxy) is 1. The second-order valence-electron chi connectivity index (χ2n) is 4.67. The van der Waals surface area contributed by atoms with Gasteiger partial charge in [0.1, 0.15) is 5.60 Å². The van der Waals surface area contributed by atoms with Gasteiger partial charge in [0.2, 0.25) is 0 Å². The number of benzene rings is 1. The maximum absolute atomic E-state index is 10.8. The third kappa shape index (κ3) is 3.11. The van der Waals surface area contributed by atoms with E-state index >= 15 is 0 Å². The van der Waals surface area contributed by atoms with Gasteiger partial charge in [0.05, 0.1) is 13.2 Å². The maximum atomic E-state index is 10.8. The van der Waals surface area contributed by atoms with Crippen LogP contribution >= 0.6 is 0 Å². The lowest BCUT2D eigenvalue weighted by Gasteiger charge is -2.35. The summed E-state index contributed by atoms with van der Waals surface area (Å²) in [5, 5.41) is 10.8. The van der Waals surface area contributed by atoms with E-state index in [4.69, 9.17) is 11.2 Å². The zero-order valence-electron chi connectivity index (χ0n) is 10.5. The minimum absolute atomic E-state index is 0.328. The van der Waals surface area contributed by atoms with E-state index in [1.165, 1.54) is 0 Å². The third-order valence-corrected chi connectivity index (χ3v) is 3.29. The Kier molecular flexibility index (Phi) is 4.38. The Morgan fingerprint density at radius 2 is 1.94 bits per heavy atom. The van der Waals surface area contributed by atoms with Crippen molar-refractivity contribution in [2.75, 3.05) is 32.8 Å². The molecule has 3 nitrogen and oxygen atoms in total. The summed E-state index contributed by atoms with van der Waals surface area (Å²) in [6.45, 7) is 3.70. The van der Waals surface area contributed by atoms with E-state index in [1.54, 1.807) is 0 Å². The van der Waals surface area contributed by atoms with Crippen LogP contribution in [0, 0.1) is 12.3 Å². The minimum Gasteiger partial charge on any atom is -0.383 e. The topological polar surface area (TPSA) is 32.7 Å². The summed E-state index contributed by atoms with van der Waals surface area (Å²) >= 11 is 0. The first-order valence-electron chi connectivity index (χ1n) is 6.26. The van der Waals surface area contributed by atoms with Crippen molar-refractivity contribution in [3.05, 3.63) is 35.9 Å². The molecule has 1 aliphatic rings. The minimum atomic E-state index is -0.965. The Labute approximate surface area is 108 Å². The normalized spacial score (nSPS) is 20.0. The van der Waals surface area contributed by atoms with Gasteiger partial charge in [0.15, 0.2) is 0 Å². The lowest BCUT2D eigenvalue weighted by Crippen LogP contribution is -2.45. The Morgan fingerprint density at radius 3 is 2.56 bits per heavy atom. The first kappa shape index (κ1) is 13.1. The van der Waals surface area contributed by atoms with Crippen LogP contribution in [0.4, 0.5) is 0 Å². The summed E-state index contributed by atoms with van der Waals surface area (Å²) in [5.74, 6) is 2.59. The highest BCUT2D eigenvalue weighted by molar-refractivity contribution is 5.24. The predicted molar refractivity (Wildman–Crippen MR) is 71.0 cm³/mol. The zero-order valence-corrected chi connectivity index (χ0v) is 10.5. The van der Waals surface area contributed by atoms with Gasteiger partial charge in [-0.2, -0.15) is 0 Å². The predicted octanol–water partition coefficient (Wildman–Crippen LogP) is 1.23. The first-order chi connectivity index (χ1) is 8.74. The van der Waals surface area contributed by atoms with Crippen LogP contribution in [0.15, 0.2) is 30.3 Å². The van der Waals surface area contributed by atoms with E-state index in [2.05, 4.69) is 10.8 Å². The standard InChI is InChI=1S/C15H19NO2/c1-2-8-15(17,14-6-4-3-5-7-14)13-16-9-11-18-12-10-16/h1,3-7,17H,8-13H2. The van der Waals surface area contributed by atoms with Gasteiger partial charge in [-0.15, -0.1) is 12.3 Å². The monoisotopic (exact) mass is 245 g/mol. The van der Waals surface area contributed by atoms with Crippen molar-refractivity contribution in [2.24, 2.45) is 0 Å². The van der Waals surface area contributed by atoms with Gasteiger partial charge >= 0.3 is 0 Å². The number of terminal acetylenes is 1. The number of rotatable bonds is 4. The average molecular weight is 245 g/mol. The molecule has 1 saturated heterocycles. The van der Waals surface area contributed by atoms with E-state index in [0.717, 1.165) is 31.9 Å². The molecule has 3 heteroatoms. The van der Waals surface area contributed by atoms with Crippen LogP contribution in [0.2, 0.25) is 0 Å². The zero-order chi connectivity index (χ0) is 12.8. The molecule has 18 heavy (non-hydrogen) atoms. The number of nitrogens with zero attached hydrogens (tertiary/aromatic N) is 1. The lowest BCUT2D eigenvalue weighted by molar-refractivity contribution is -0.0328. The van der Waals surface area contributed by atoms with Crippen LogP contribution in [-0.4, -0.2) is 42.9 Å². The van der Waals surface area contributed by atoms with Crippen molar-refractivity contribution in [3.63, 3.8) is 0 Å². The van der Waals surface area contributed by atoms with Crippen molar-refractivity contribution in [1.29, 1.82) is 0 Å². The second-order valence-corrected chi connectivity index (χ2v) is 4.67. The summed E-state index contributed by atoms with van der Waals surface area (Å²) in [4.78, 5) is 2.20. The van der Waals surface area contributed by atoms with Gasteiger partial charge in [0.25, 0.3) is 0 Å². The smallest absolute Gasteiger partial charge is 0.113 e. The molecule has 0 saturated carbocycles. The Hall–Kier alpha value is -1.34. The highest BCUT2D eigenvalue weighted by atomic mass is 16.5. The summed E-state index contributed by atoms with van der Waals surface area (Å²) in [7, 11) is 0. The van der Waals surface area contributed by atoms with Gasteiger partial charge in [-0.05, 0) is 5.56 Å². The van der Waals surface area contributed by atoms with E-state index in [9.17, 15) is 5.11 Å². The molecule has 0 aliphatic carbocycles. The second kappa shape index (κ2) is 6.01. The number of morpholine rings is 1. The maximum Gasteiger partial charge on any atom is 0.113 e. The fourth-order valence-corrected chi connectivity index (χ4v) is 2.30. The quantitative estimate of drug-likeness (QED) is 0.810. The third-order valence-electron chi connectivity index (χ3n) is 3.29. The van der Waals surface area contributed by atoms with Gasteiger partial charge in [-0.25, -0.2) is 0 Å². The van der Waals surface area contributed by atoms with Crippen LogP contribution in [0.5, 0.6) is 0 Å². The van der Waals surface area contributed by atoms with Crippen LogP contribution < -0.4 is 0 Å². The largest absolute Gasteiger partial charge is 0.383 e. The number of hydrogen-bond acceptors (Lipinski definition) is 3. The molecule has 0 spiro atoms. The summed E-state index contributed by atoms with van der Waals surface area (Å²) < 4.78 is 5.32. The fraction of sp³-hybridized carbons (Fsp3) is 0.467. The molecule has 96 valence electrons. The molecule has 1 heterocycles. The van der Waals surface area contributed by atoms with E-state index < -0.39 is 5.60 Å². The molecule has 0 bridgehead atoms. The Balaban J connectivity index is 2.13. The van der Waals surface area contributed by atoms with Crippen LogP contribution in [0.25, 0.3) is 0 Å². The summed E-state index contributed by atoms with van der Waals surface area (Å²) in [6, 6.07) is 9.65. The molecule has 0 amide bonds. The lowest BCUT2D eigenvalue weighted by atomic mass is 9.90. The molecule has 2 rings (SSSR count). The molecule has 1 fully saturated rings. The SMILES string of the molecule is C#CCC(O)(CN1CCOCC1)c1ccccc1. The summed E-state index contributed by atoms with van der Waals surface area (Å²) in [6.07, 6.45) is 5.73. The molecular formula is C15H19NO2. The molecule has 1 N–H and O–H groups in total. The van der Waals surface area contributed by atoms with Crippen molar-refractivity contribution in [3.8, 4) is 12.3 Å². The molecule has 0 aromatic heterocycles. The number of β-amino-alcohol motifs (C(OH)–C–C–N with tert-alkyl or cyclic N) is 1. The number of aliphatic hydroxyl groups is 1. The molecule has 1 unspecified atom stereocenters. The van der Waals surface area contributed by atoms with Gasteiger partial charge in [0, 0.05) is 26.1 Å². The van der Waals surface area contributed by atoms with E-state index in [-0.39, 0.29) is 0 Å². The van der Waals surface area contributed by atoms with E-state index in [1.807, 2.05) is 30.3 Å². The van der Waals surface area contributed by atoms with Crippen LogP contribution in [0.1, 0.15) is 12.0 Å². The van der Waals surface area contributed by atoms with Gasteiger partial charge in [-0.1, -0.05) is 30.3 Å². The van der Waals surface area contributed by atoms with Crippen molar-refractivity contribution >= 4 is 0 Å². The number of hydrogen-bond donors (Lipinski definition) is 1.